The molecule has 0 amide bonds. The maximum Gasteiger partial charge on any atom is 0.151 e. The number of hydrogen-bond donors (Lipinski definition) is 1. The van der Waals surface area contributed by atoms with E-state index in [9.17, 15) is 4.79 Å². The Hall–Kier alpha value is -0.860. The van der Waals surface area contributed by atoms with Crippen molar-refractivity contribution in [2.75, 3.05) is 5.88 Å². The van der Waals surface area contributed by atoms with Gasteiger partial charge in [-0.3, -0.25) is 4.79 Å². The number of alkyl halides is 1. The monoisotopic (exact) mass is 226 g/mol. The number of hydrogen-bond acceptors (Lipinski definition) is 2. The lowest BCUT2D eigenvalue weighted by atomic mass is 9.96. The number of carbonyl (C=O) groups is 1. The first kappa shape index (κ1) is 12.2. The Morgan fingerprint density at radius 3 is 2.60 bits per heavy atom. The Bertz CT molecular complexity index is 347. The van der Waals surface area contributed by atoms with Gasteiger partial charge in [0.2, 0.25) is 0 Å². The number of Topliss-reactive ketones (excluding diaryl/α,β-unsaturated/α-hetero) is 1. The Morgan fingerprint density at radius 2 is 2.07 bits per heavy atom. The molecule has 0 saturated heterocycles. The van der Waals surface area contributed by atoms with Crippen molar-refractivity contribution in [2.45, 2.75) is 26.4 Å². The molecule has 82 valence electrons. The molecule has 1 rings (SSSR count). The van der Waals surface area contributed by atoms with Crippen LogP contribution in [0.1, 0.15) is 23.6 Å². The number of benzene rings is 1. The van der Waals surface area contributed by atoms with Gasteiger partial charge in [0, 0.05) is 6.42 Å². The van der Waals surface area contributed by atoms with Crippen LogP contribution in [0.25, 0.3) is 0 Å². The van der Waals surface area contributed by atoms with Crippen molar-refractivity contribution in [3.8, 4) is 0 Å². The van der Waals surface area contributed by atoms with Crippen molar-refractivity contribution in [2.24, 2.45) is 0 Å². The van der Waals surface area contributed by atoms with Crippen LogP contribution in [0.3, 0.4) is 0 Å². The van der Waals surface area contributed by atoms with E-state index in [-0.39, 0.29) is 18.3 Å². The Balaban J connectivity index is 3.00. The van der Waals surface area contributed by atoms with Gasteiger partial charge in [-0.1, -0.05) is 25.1 Å². The number of rotatable bonds is 5. The standard InChI is InChI=1S/C12H15ClO2/c1-2-12-9(6-11(15)7-13)4-3-5-10(12)8-14/h3-5,14H,2,6-8H2,1H3. The van der Waals surface area contributed by atoms with Crippen LogP contribution >= 0.6 is 11.6 Å². The Morgan fingerprint density at radius 1 is 1.40 bits per heavy atom. The molecule has 15 heavy (non-hydrogen) atoms. The van der Waals surface area contributed by atoms with Crippen LogP contribution in [0.2, 0.25) is 0 Å². The van der Waals surface area contributed by atoms with Crippen molar-refractivity contribution in [3.63, 3.8) is 0 Å². The molecule has 0 aliphatic heterocycles. The van der Waals surface area contributed by atoms with Gasteiger partial charge in [0.05, 0.1) is 12.5 Å². The lowest BCUT2D eigenvalue weighted by Gasteiger charge is -2.10. The van der Waals surface area contributed by atoms with Gasteiger partial charge in [-0.15, -0.1) is 11.6 Å². The van der Waals surface area contributed by atoms with E-state index in [1.807, 2.05) is 25.1 Å². The number of halogens is 1. The van der Waals surface area contributed by atoms with E-state index < -0.39 is 0 Å². The molecule has 0 fully saturated rings. The summed E-state index contributed by atoms with van der Waals surface area (Å²) in [6.07, 6.45) is 1.18. The second kappa shape index (κ2) is 5.89. The molecule has 2 nitrogen and oxygen atoms in total. The lowest BCUT2D eigenvalue weighted by Crippen LogP contribution is -2.07. The zero-order chi connectivity index (χ0) is 11.3. The molecule has 0 aliphatic carbocycles. The van der Waals surface area contributed by atoms with E-state index >= 15 is 0 Å². The third-order valence-corrected chi connectivity index (χ3v) is 2.73. The predicted molar refractivity (Wildman–Crippen MR) is 61.2 cm³/mol. The molecule has 0 atom stereocenters. The molecule has 1 N–H and O–H groups in total. The van der Waals surface area contributed by atoms with Gasteiger partial charge in [0.1, 0.15) is 0 Å². The van der Waals surface area contributed by atoms with Gasteiger partial charge in [0.25, 0.3) is 0 Å². The number of aliphatic hydroxyl groups is 1. The molecule has 0 spiro atoms. The lowest BCUT2D eigenvalue weighted by molar-refractivity contribution is -0.116. The van der Waals surface area contributed by atoms with Crippen molar-refractivity contribution < 1.29 is 9.90 Å². The van der Waals surface area contributed by atoms with Crippen molar-refractivity contribution >= 4 is 17.4 Å². The Kier molecular flexibility index (Phi) is 4.79. The smallest absolute Gasteiger partial charge is 0.151 e. The summed E-state index contributed by atoms with van der Waals surface area (Å²) in [5.74, 6) is 0.0634. The van der Waals surface area contributed by atoms with Gasteiger partial charge in [-0.25, -0.2) is 0 Å². The minimum atomic E-state index is 0.0152. The molecule has 0 unspecified atom stereocenters. The summed E-state index contributed by atoms with van der Waals surface area (Å²) >= 11 is 5.47. The fraction of sp³-hybridized carbons (Fsp3) is 0.417. The minimum Gasteiger partial charge on any atom is -0.392 e. The molecule has 0 saturated carbocycles. The normalized spacial score (nSPS) is 10.3. The molecule has 0 heterocycles. The molecule has 3 heteroatoms. The van der Waals surface area contributed by atoms with E-state index in [1.54, 1.807) is 0 Å². The molecule has 0 radical (unpaired) electrons. The van der Waals surface area contributed by atoms with Crippen LogP contribution in [0, 0.1) is 0 Å². The van der Waals surface area contributed by atoms with E-state index in [0.29, 0.717) is 6.42 Å². The fourth-order valence-corrected chi connectivity index (χ4v) is 1.81. The summed E-state index contributed by atoms with van der Waals surface area (Å²) in [4.78, 5) is 11.3. The van der Waals surface area contributed by atoms with Gasteiger partial charge < -0.3 is 5.11 Å². The average molecular weight is 227 g/mol. The SMILES string of the molecule is CCc1c(CO)cccc1CC(=O)CCl. The highest BCUT2D eigenvalue weighted by Gasteiger charge is 2.09. The van der Waals surface area contributed by atoms with Crippen LogP contribution in [0.5, 0.6) is 0 Å². The van der Waals surface area contributed by atoms with Crippen LogP contribution in [0.4, 0.5) is 0 Å². The van der Waals surface area contributed by atoms with Crippen LogP contribution in [-0.4, -0.2) is 16.8 Å². The molecule has 0 aliphatic rings. The molecule has 1 aromatic rings. The Labute approximate surface area is 94.9 Å². The van der Waals surface area contributed by atoms with Gasteiger partial charge in [-0.05, 0) is 23.1 Å². The minimum absolute atomic E-state index is 0.0152. The van der Waals surface area contributed by atoms with Gasteiger partial charge in [0.15, 0.2) is 5.78 Å². The van der Waals surface area contributed by atoms with Crippen molar-refractivity contribution in [3.05, 3.63) is 34.9 Å². The summed E-state index contributed by atoms with van der Waals surface area (Å²) in [6.45, 7) is 2.04. The molecule has 0 aromatic heterocycles. The van der Waals surface area contributed by atoms with Gasteiger partial charge in [-0.2, -0.15) is 0 Å². The molecular weight excluding hydrogens is 212 g/mol. The van der Waals surface area contributed by atoms with E-state index in [4.69, 9.17) is 16.7 Å². The second-order valence-corrected chi connectivity index (χ2v) is 3.68. The third-order valence-electron chi connectivity index (χ3n) is 2.43. The highest BCUT2D eigenvalue weighted by molar-refractivity contribution is 6.27. The van der Waals surface area contributed by atoms with E-state index in [1.165, 1.54) is 0 Å². The summed E-state index contributed by atoms with van der Waals surface area (Å²) in [6, 6.07) is 5.66. The zero-order valence-corrected chi connectivity index (χ0v) is 9.55. The highest BCUT2D eigenvalue weighted by Crippen LogP contribution is 2.17. The highest BCUT2D eigenvalue weighted by atomic mass is 35.5. The molecule has 0 bridgehead atoms. The summed E-state index contributed by atoms with van der Waals surface area (Å²) < 4.78 is 0. The molecular formula is C12H15ClO2. The summed E-state index contributed by atoms with van der Waals surface area (Å²) in [5.41, 5.74) is 2.95. The first-order chi connectivity index (χ1) is 7.22. The van der Waals surface area contributed by atoms with E-state index in [2.05, 4.69) is 0 Å². The van der Waals surface area contributed by atoms with Crippen LogP contribution in [-0.2, 0) is 24.2 Å². The summed E-state index contributed by atoms with van der Waals surface area (Å²) in [5, 5.41) is 9.15. The maximum atomic E-state index is 11.3. The number of ketones is 1. The third kappa shape index (κ3) is 3.05. The number of carbonyl (C=O) groups excluding carboxylic acids is 1. The fourth-order valence-electron chi connectivity index (χ4n) is 1.72. The molecule has 1 aromatic carbocycles. The zero-order valence-electron chi connectivity index (χ0n) is 8.79. The second-order valence-electron chi connectivity index (χ2n) is 3.42. The quantitative estimate of drug-likeness (QED) is 0.781. The van der Waals surface area contributed by atoms with Gasteiger partial charge >= 0.3 is 0 Å². The maximum absolute atomic E-state index is 11.3. The number of aliphatic hydroxyl groups excluding tert-OH is 1. The van der Waals surface area contributed by atoms with Crippen molar-refractivity contribution in [1.82, 2.24) is 0 Å². The van der Waals surface area contributed by atoms with Crippen LogP contribution in [0.15, 0.2) is 18.2 Å². The van der Waals surface area contributed by atoms with E-state index in [0.717, 1.165) is 23.1 Å². The largest absolute Gasteiger partial charge is 0.392 e. The first-order valence-corrected chi connectivity index (χ1v) is 5.54. The van der Waals surface area contributed by atoms with Crippen molar-refractivity contribution in [1.29, 1.82) is 0 Å². The average Bonchev–Trinajstić information content (AvgIpc) is 2.28. The first-order valence-electron chi connectivity index (χ1n) is 5.01. The predicted octanol–water partition coefficient (Wildman–Crippen LogP) is 2.09. The topological polar surface area (TPSA) is 37.3 Å². The van der Waals surface area contributed by atoms with Crippen LogP contribution < -0.4 is 0 Å². The summed E-state index contributed by atoms with van der Waals surface area (Å²) in [7, 11) is 0.